The Morgan fingerprint density at radius 3 is 2.77 bits per heavy atom. The molecule has 0 aliphatic carbocycles. The number of unbranched alkanes of at least 4 members (excludes halogenated alkanes) is 1. The molecule has 1 aliphatic rings. The van der Waals surface area contributed by atoms with E-state index in [1.165, 1.54) is 0 Å². The standard InChI is InChI=1S/C9H16O4/c1-2-3-4-8(10)13-7-9-11-5-6-12-9/h9H,2-7H2,1H3. The summed E-state index contributed by atoms with van der Waals surface area (Å²) >= 11 is 0. The summed E-state index contributed by atoms with van der Waals surface area (Å²) in [5.41, 5.74) is 0. The molecule has 0 saturated carbocycles. The lowest BCUT2D eigenvalue weighted by molar-refractivity contribution is -0.155. The Hall–Kier alpha value is -0.610. The summed E-state index contributed by atoms with van der Waals surface area (Å²) in [6.07, 6.45) is 2.03. The summed E-state index contributed by atoms with van der Waals surface area (Å²) in [5.74, 6) is -0.166. The molecule has 4 nitrogen and oxygen atoms in total. The van der Waals surface area contributed by atoms with E-state index in [-0.39, 0.29) is 18.9 Å². The van der Waals surface area contributed by atoms with Crippen LogP contribution in [0.2, 0.25) is 0 Å². The predicted molar refractivity (Wildman–Crippen MR) is 46.2 cm³/mol. The fourth-order valence-corrected chi connectivity index (χ4v) is 1.06. The van der Waals surface area contributed by atoms with Gasteiger partial charge in [-0.3, -0.25) is 4.79 Å². The molecular formula is C9H16O4. The monoisotopic (exact) mass is 188 g/mol. The molecule has 1 heterocycles. The summed E-state index contributed by atoms with van der Waals surface area (Å²) in [4.78, 5) is 11.0. The molecule has 0 atom stereocenters. The second-order valence-electron chi connectivity index (χ2n) is 2.96. The Labute approximate surface area is 78.2 Å². The Morgan fingerprint density at radius 1 is 1.46 bits per heavy atom. The Bertz CT molecular complexity index is 152. The number of hydrogen-bond acceptors (Lipinski definition) is 4. The van der Waals surface area contributed by atoms with Crippen molar-refractivity contribution in [1.82, 2.24) is 0 Å². The number of hydrogen-bond donors (Lipinski definition) is 0. The minimum atomic E-state index is -0.342. The minimum Gasteiger partial charge on any atom is -0.460 e. The maximum absolute atomic E-state index is 11.0. The van der Waals surface area contributed by atoms with Gasteiger partial charge in [0.15, 0.2) is 6.29 Å². The molecule has 0 bridgehead atoms. The van der Waals surface area contributed by atoms with Gasteiger partial charge in [-0.15, -0.1) is 0 Å². The molecular weight excluding hydrogens is 172 g/mol. The largest absolute Gasteiger partial charge is 0.460 e. The minimum absolute atomic E-state index is 0.166. The molecule has 0 radical (unpaired) electrons. The molecule has 1 aliphatic heterocycles. The molecule has 0 unspecified atom stereocenters. The van der Waals surface area contributed by atoms with Crippen LogP contribution in [0.5, 0.6) is 0 Å². The lowest BCUT2D eigenvalue weighted by Crippen LogP contribution is -2.19. The summed E-state index contributed by atoms with van der Waals surface area (Å²) in [5, 5.41) is 0. The van der Waals surface area contributed by atoms with Crippen molar-refractivity contribution in [1.29, 1.82) is 0 Å². The van der Waals surface area contributed by atoms with Crippen molar-refractivity contribution < 1.29 is 19.0 Å². The van der Waals surface area contributed by atoms with Gasteiger partial charge in [-0.1, -0.05) is 13.3 Å². The van der Waals surface area contributed by atoms with Crippen LogP contribution in [0, 0.1) is 0 Å². The van der Waals surface area contributed by atoms with Crippen LogP contribution in [-0.4, -0.2) is 32.1 Å². The van der Waals surface area contributed by atoms with Gasteiger partial charge in [0.2, 0.25) is 0 Å². The van der Waals surface area contributed by atoms with E-state index in [1.807, 2.05) is 6.92 Å². The van der Waals surface area contributed by atoms with Crippen LogP contribution in [0.15, 0.2) is 0 Å². The average molecular weight is 188 g/mol. The van der Waals surface area contributed by atoms with Gasteiger partial charge in [-0.25, -0.2) is 0 Å². The fourth-order valence-electron chi connectivity index (χ4n) is 1.06. The first-order valence-electron chi connectivity index (χ1n) is 4.71. The molecule has 1 fully saturated rings. The predicted octanol–water partition coefficient (Wildman–Crippen LogP) is 1.09. The van der Waals surface area contributed by atoms with Gasteiger partial charge in [0.05, 0.1) is 13.2 Å². The van der Waals surface area contributed by atoms with E-state index in [0.717, 1.165) is 12.8 Å². The second-order valence-corrected chi connectivity index (χ2v) is 2.96. The summed E-state index contributed by atoms with van der Waals surface area (Å²) < 4.78 is 15.2. The van der Waals surface area contributed by atoms with Crippen molar-refractivity contribution in [2.75, 3.05) is 19.8 Å². The topological polar surface area (TPSA) is 44.8 Å². The van der Waals surface area contributed by atoms with Crippen molar-refractivity contribution >= 4 is 5.97 Å². The van der Waals surface area contributed by atoms with Gasteiger partial charge >= 0.3 is 5.97 Å². The molecule has 76 valence electrons. The molecule has 13 heavy (non-hydrogen) atoms. The molecule has 0 aromatic heterocycles. The van der Waals surface area contributed by atoms with E-state index in [0.29, 0.717) is 19.6 Å². The highest BCUT2D eigenvalue weighted by atomic mass is 16.7. The van der Waals surface area contributed by atoms with Crippen LogP contribution >= 0.6 is 0 Å². The Kier molecular flexibility index (Phi) is 4.78. The second kappa shape index (κ2) is 5.94. The van der Waals surface area contributed by atoms with Crippen molar-refractivity contribution in [3.8, 4) is 0 Å². The van der Waals surface area contributed by atoms with Crippen LogP contribution in [0.25, 0.3) is 0 Å². The van der Waals surface area contributed by atoms with E-state index in [2.05, 4.69) is 0 Å². The van der Waals surface area contributed by atoms with Gasteiger partial charge in [-0.05, 0) is 6.42 Å². The number of esters is 1. The zero-order valence-electron chi connectivity index (χ0n) is 7.95. The van der Waals surface area contributed by atoms with Crippen molar-refractivity contribution in [2.45, 2.75) is 32.5 Å². The zero-order chi connectivity index (χ0) is 9.52. The molecule has 0 spiro atoms. The van der Waals surface area contributed by atoms with Gasteiger partial charge in [0, 0.05) is 6.42 Å². The van der Waals surface area contributed by atoms with Crippen LogP contribution < -0.4 is 0 Å². The fraction of sp³-hybridized carbons (Fsp3) is 0.889. The van der Waals surface area contributed by atoms with Crippen molar-refractivity contribution in [3.05, 3.63) is 0 Å². The van der Waals surface area contributed by atoms with E-state index in [4.69, 9.17) is 14.2 Å². The van der Waals surface area contributed by atoms with Crippen molar-refractivity contribution in [3.63, 3.8) is 0 Å². The smallest absolute Gasteiger partial charge is 0.305 e. The quantitative estimate of drug-likeness (QED) is 0.606. The number of ether oxygens (including phenoxy) is 3. The maximum atomic E-state index is 11.0. The van der Waals surface area contributed by atoms with Crippen molar-refractivity contribution in [2.24, 2.45) is 0 Å². The molecule has 0 aromatic rings. The molecule has 4 heteroatoms. The van der Waals surface area contributed by atoms with Gasteiger partial charge in [0.1, 0.15) is 6.61 Å². The summed E-state index contributed by atoms with van der Waals surface area (Å²) in [6, 6.07) is 0. The van der Waals surface area contributed by atoms with Crippen LogP contribution in [0.4, 0.5) is 0 Å². The van der Waals surface area contributed by atoms with Crippen LogP contribution in [0.1, 0.15) is 26.2 Å². The third kappa shape index (κ3) is 4.24. The van der Waals surface area contributed by atoms with E-state index >= 15 is 0 Å². The number of rotatable bonds is 5. The normalized spacial score (nSPS) is 17.6. The van der Waals surface area contributed by atoms with Crippen LogP contribution in [-0.2, 0) is 19.0 Å². The number of carbonyl (C=O) groups is 1. The van der Waals surface area contributed by atoms with Gasteiger partial charge in [0.25, 0.3) is 0 Å². The lowest BCUT2D eigenvalue weighted by Gasteiger charge is -2.09. The van der Waals surface area contributed by atoms with Gasteiger partial charge in [-0.2, -0.15) is 0 Å². The first kappa shape index (κ1) is 10.5. The first-order chi connectivity index (χ1) is 6.33. The summed E-state index contributed by atoms with van der Waals surface area (Å²) in [7, 11) is 0. The zero-order valence-corrected chi connectivity index (χ0v) is 7.95. The average Bonchev–Trinajstić information content (AvgIpc) is 2.64. The third-order valence-corrected chi connectivity index (χ3v) is 1.81. The first-order valence-corrected chi connectivity index (χ1v) is 4.71. The molecule has 0 N–H and O–H groups in total. The highest BCUT2D eigenvalue weighted by molar-refractivity contribution is 5.69. The molecule has 0 aromatic carbocycles. The maximum Gasteiger partial charge on any atom is 0.305 e. The van der Waals surface area contributed by atoms with E-state index in [9.17, 15) is 4.79 Å². The molecule has 1 rings (SSSR count). The summed E-state index contributed by atoms with van der Waals surface area (Å²) in [6.45, 7) is 3.45. The number of carbonyl (C=O) groups excluding carboxylic acids is 1. The third-order valence-electron chi connectivity index (χ3n) is 1.81. The SMILES string of the molecule is CCCCC(=O)OCC1OCCO1. The van der Waals surface area contributed by atoms with E-state index < -0.39 is 0 Å². The Balaban J connectivity index is 2.00. The Morgan fingerprint density at radius 2 is 2.15 bits per heavy atom. The highest BCUT2D eigenvalue weighted by Crippen LogP contribution is 2.05. The van der Waals surface area contributed by atoms with Crippen LogP contribution in [0.3, 0.4) is 0 Å². The lowest BCUT2D eigenvalue weighted by atomic mass is 10.2. The van der Waals surface area contributed by atoms with E-state index in [1.54, 1.807) is 0 Å². The molecule has 0 amide bonds. The highest BCUT2D eigenvalue weighted by Gasteiger charge is 2.17. The molecule has 1 saturated heterocycles. The van der Waals surface area contributed by atoms with Gasteiger partial charge < -0.3 is 14.2 Å².